The molecule has 1 fully saturated rings. The van der Waals surface area contributed by atoms with Gasteiger partial charge in [-0.3, -0.25) is 19.1 Å². The van der Waals surface area contributed by atoms with Crippen molar-refractivity contribution in [1.29, 1.82) is 0 Å². The summed E-state index contributed by atoms with van der Waals surface area (Å²) in [4.78, 5) is 37.3. The Morgan fingerprint density at radius 1 is 1.55 bits per heavy atom. The van der Waals surface area contributed by atoms with E-state index in [1.54, 1.807) is 13.8 Å². The van der Waals surface area contributed by atoms with Crippen LogP contribution in [0.25, 0.3) is 0 Å². The molecule has 0 aromatic carbocycles. The van der Waals surface area contributed by atoms with E-state index in [1.807, 2.05) is 0 Å². The lowest BCUT2D eigenvalue weighted by molar-refractivity contribution is -0.145. The highest BCUT2D eigenvalue weighted by atomic mass is 16.5. The van der Waals surface area contributed by atoms with Gasteiger partial charge in [-0.2, -0.15) is 0 Å². The molecular weight excluding hydrogens is 292 g/mol. The molecule has 0 bridgehead atoms. The number of H-pyrrole nitrogens is 1. The first-order valence-corrected chi connectivity index (χ1v) is 7.20. The van der Waals surface area contributed by atoms with Crippen LogP contribution in [0.5, 0.6) is 0 Å². The highest BCUT2D eigenvalue weighted by molar-refractivity contribution is 5.69. The zero-order chi connectivity index (χ0) is 16.3. The van der Waals surface area contributed by atoms with Crippen molar-refractivity contribution in [2.24, 2.45) is 5.92 Å². The molecule has 0 amide bonds. The molecule has 2 N–H and O–H groups in total. The Morgan fingerprint density at radius 3 is 2.91 bits per heavy atom. The molecule has 3 atom stereocenters. The number of hydrogen-bond donors (Lipinski definition) is 2. The maximum absolute atomic E-state index is 12.0. The van der Waals surface area contributed by atoms with Crippen LogP contribution in [0, 0.1) is 12.8 Å². The van der Waals surface area contributed by atoms with E-state index in [2.05, 4.69) is 4.98 Å². The Hall–Kier alpha value is -1.93. The van der Waals surface area contributed by atoms with E-state index in [1.165, 1.54) is 10.8 Å². The van der Waals surface area contributed by atoms with Crippen LogP contribution in [-0.2, 0) is 14.3 Å². The zero-order valence-electron chi connectivity index (χ0n) is 12.6. The van der Waals surface area contributed by atoms with Crippen molar-refractivity contribution in [1.82, 2.24) is 9.55 Å². The molecule has 1 saturated heterocycles. The minimum Gasteiger partial charge on any atom is -0.466 e. The number of aliphatic hydroxyl groups excluding tert-OH is 1. The number of aryl methyl sites for hydroxylation is 1. The van der Waals surface area contributed by atoms with Gasteiger partial charge in [0.15, 0.2) is 0 Å². The lowest BCUT2D eigenvalue weighted by atomic mass is 9.99. The fraction of sp³-hybridized carbons (Fsp3) is 0.643. The number of rotatable bonds is 5. The van der Waals surface area contributed by atoms with Crippen molar-refractivity contribution >= 4 is 5.97 Å². The topological polar surface area (TPSA) is 111 Å². The number of nitrogens with one attached hydrogen (secondary N) is 1. The summed E-state index contributed by atoms with van der Waals surface area (Å²) in [5.41, 5.74) is -0.696. The third-order valence-electron chi connectivity index (χ3n) is 3.66. The summed E-state index contributed by atoms with van der Waals surface area (Å²) in [6.45, 7) is 3.37. The maximum Gasteiger partial charge on any atom is 0.330 e. The number of ether oxygens (including phenoxy) is 2. The lowest BCUT2D eigenvalue weighted by Gasteiger charge is -2.20. The minimum atomic E-state index is -0.718. The molecule has 0 spiro atoms. The third kappa shape index (κ3) is 3.45. The summed E-state index contributed by atoms with van der Waals surface area (Å²) in [7, 11) is 0. The first kappa shape index (κ1) is 16.4. The SMILES string of the molecule is CCOC(=O)C[C@@H]1C[C@@H](CO)O[C@H]1n1cc(C)c(=O)[nH]c1=O. The molecule has 0 saturated carbocycles. The standard InChI is InChI=1S/C14H20N2O6/c1-3-21-11(18)5-9-4-10(7-17)22-13(9)16-6-8(2)12(19)15-14(16)20/h6,9-10,13,17H,3-5,7H2,1-2H3,(H,15,19,20)/t9-,10-,13+/m0/s1. The second-order valence-electron chi connectivity index (χ2n) is 5.31. The van der Waals surface area contributed by atoms with Crippen molar-refractivity contribution in [3.05, 3.63) is 32.6 Å². The summed E-state index contributed by atoms with van der Waals surface area (Å²) in [6, 6.07) is 0. The molecule has 2 heterocycles. The zero-order valence-corrected chi connectivity index (χ0v) is 12.6. The van der Waals surface area contributed by atoms with Crippen LogP contribution in [0.15, 0.2) is 15.8 Å². The van der Waals surface area contributed by atoms with Gasteiger partial charge in [-0.1, -0.05) is 0 Å². The summed E-state index contributed by atoms with van der Waals surface area (Å²) in [5, 5.41) is 9.27. The Morgan fingerprint density at radius 2 is 2.27 bits per heavy atom. The number of nitrogens with zero attached hydrogens (tertiary/aromatic N) is 1. The summed E-state index contributed by atoms with van der Waals surface area (Å²) >= 11 is 0. The highest BCUT2D eigenvalue weighted by Gasteiger charge is 2.38. The molecule has 8 nitrogen and oxygen atoms in total. The average molecular weight is 312 g/mol. The van der Waals surface area contributed by atoms with Crippen LogP contribution >= 0.6 is 0 Å². The maximum atomic E-state index is 12.0. The average Bonchev–Trinajstić information content (AvgIpc) is 2.86. The molecule has 1 aromatic rings. The molecule has 122 valence electrons. The van der Waals surface area contributed by atoms with Gasteiger partial charge >= 0.3 is 11.7 Å². The quantitative estimate of drug-likeness (QED) is 0.722. The van der Waals surface area contributed by atoms with Crippen LogP contribution in [0.1, 0.15) is 31.6 Å². The van der Waals surface area contributed by atoms with Crippen LogP contribution in [-0.4, -0.2) is 39.9 Å². The number of aromatic nitrogens is 2. The Kier molecular flexibility index (Phi) is 5.15. The van der Waals surface area contributed by atoms with E-state index in [4.69, 9.17) is 9.47 Å². The van der Waals surface area contributed by atoms with Crippen molar-refractivity contribution in [2.45, 2.75) is 39.0 Å². The Labute approximate surface area is 126 Å². The fourth-order valence-corrected chi connectivity index (χ4v) is 2.62. The van der Waals surface area contributed by atoms with Crippen molar-refractivity contribution in [3.63, 3.8) is 0 Å². The van der Waals surface area contributed by atoms with Gasteiger partial charge < -0.3 is 14.6 Å². The Bertz CT molecular complexity index is 649. The molecule has 1 aliphatic rings. The molecule has 0 unspecified atom stereocenters. The smallest absolute Gasteiger partial charge is 0.330 e. The third-order valence-corrected chi connectivity index (χ3v) is 3.66. The van der Waals surface area contributed by atoms with Gasteiger partial charge in [0.1, 0.15) is 6.23 Å². The second kappa shape index (κ2) is 6.89. The number of aromatic amines is 1. The lowest BCUT2D eigenvalue weighted by Crippen LogP contribution is -2.35. The molecule has 0 radical (unpaired) electrons. The van der Waals surface area contributed by atoms with Gasteiger partial charge in [-0.25, -0.2) is 4.79 Å². The van der Waals surface area contributed by atoms with Gasteiger partial charge in [0, 0.05) is 17.7 Å². The van der Waals surface area contributed by atoms with E-state index in [-0.39, 0.29) is 31.5 Å². The van der Waals surface area contributed by atoms with Gasteiger partial charge in [-0.05, 0) is 20.3 Å². The van der Waals surface area contributed by atoms with Gasteiger partial charge in [0.25, 0.3) is 5.56 Å². The predicted molar refractivity (Wildman–Crippen MR) is 76.4 cm³/mol. The first-order valence-electron chi connectivity index (χ1n) is 7.20. The van der Waals surface area contributed by atoms with E-state index in [9.17, 15) is 19.5 Å². The highest BCUT2D eigenvalue weighted by Crippen LogP contribution is 2.35. The van der Waals surface area contributed by atoms with Gasteiger partial charge in [0.05, 0.1) is 25.7 Å². The fourth-order valence-electron chi connectivity index (χ4n) is 2.62. The number of hydrogen-bond acceptors (Lipinski definition) is 6. The summed E-state index contributed by atoms with van der Waals surface area (Å²) in [6.07, 6.45) is 0.752. The van der Waals surface area contributed by atoms with E-state index in [0.29, 0.717) is 12.0 Å². The molecular formula is C14H20N2O6. The predicted octanol–water partition coefficient (Wildman–Crippen LogP) is -0.306. The number of aliphatic hydroxyl groups is 1. The summed E-state index contributed by atoms with van der Waals surface area (Å²) in [5.74, 6) is -0.687. The van der Waals surface area contributed by atoms with E-state index >= 15 is 0 Å². The first-order chi connectivity index (χ1) is 10.5. The van der Waals surface area contributed by atoms with Crippen molar-refractivity contribution in [3.8, 4) is 0 Å². The Balaban J connectivity index is 2.29. The van der Waals surface area contributed by atoms with Crippen LogP contribution in [0.2, 0.25) is 0 Å². The number of esters is 1. The van der Waals surface area contributed by atoms with Crippen LogP contribution < -0.4 is 11.2 Å². The normalized spacial score (nSPS) is 24.4. The minimum absolute atomic E-state index is 0.0830. The summed E-state index contributed by atoms with van der Waals surface area (Å²) < 4.78 is 11.8. The van der Waals surface area contributed by atoms with Crippen molar-refractivity contribution in [2.75, 3.05) is 13.2 Å². The van der Waals surface area contributed by atoms with Gasteiger partial charge in [0.2, 0.25) is 0 Å². The molecule has 0 aliphatic carbocycles. The molecule has 1 aromatic heterocycles. The second-order valence-corrected chi connectivity index (χ2v) is 5.31. The van der Waals surface area contributed by atoms with Gasteiger partial charge in [-0.15, -0.1) is 0 Å². The number of carbonyl (C=O) groups is 1. The molecule has 22 heavy (non-hydrogen) atoms. The largest absolute Gasteiger partial charge is 0.466 e. The van der Waals surface area contributed by atoms with Crippen molar-refractivity contribution < 1.29 is 19.4 Å². The van der Waals surface area contributed by atoms with E-state index in [0.717, 1.165) is 0 Å². The molecule has 8 heteroatoms. The van der Waals surface area contributed by atoms with Crippen LogP contribution in [0.4, 0.5) is 0 Å². The molecule has 1 aliphatic heterocycles. The monoisotopic (exact) mass is 312 g/mol. The number of carbonyl (C=O) groups excluding carboxylic acids is 1. The van der Waals surface area contributed by atoms with Crippen LogP contribution in [0.3, 0.4) is 0 Å². The van der Waals surface area contributed by atoms with E-state index < -0.39 is 23.6 Å². The molecule has 2 rings (SSSR count).